The maximum atomic E-state index is 13.8. The lowest BCUT2D eigenvalue weighted by atomic mass is 10.1. The summed E-state index contributed by atoms with van der Waals surface area (Å²) in [5, 5.41) is 6.51. The quantitative estimate of drug-likeness (QED) is 0.254. The van der Waals surface area contributed by atoms with Gasteiger partial charge in [-0.2, -0.15) is 0 Å². The van der Waals surface area contributed by atoms with Gasteiger partial charge in [-0.1, -0.05) is 12.1 Å². The highest BCUT2D eigenvalue weighted by Gasteiger charge is 2.12. The van der Waals surface area contributed by atoms with Crippen molar-refractivity contribution in [2.75, 3.05) is 18.4 Å². The molecule has 1 aromatic carbocycles. The van der Waals surface area contributed by atoms with Gasteiger partial charge < -0.3 is 20.0 Å². The standard InChI is InChI=1S/C26H24FN7O/c27-20-7-4-11-29-21(20)17-32-26-25-22(8-14-30-26)35-24(34-25)10-13-28-12-9-23-31-16-19(33-23)15-18-5-2-1-3-6-18/h2,4-8,11,14,16,28H,9-10,12-13,15,17H2,(H,30,32)(H,31,33). The number of halogens is 1. The summed E-state index contributed by atoms with van der Waals surface area (Å²) in [5.74, 6) is 1.74. The Bertz CT molecular complexity index is 1380. The van der Waals surface area contributed by atoms with Gasteiger partial charge in [-0.3, -0.25) is 4.98 Å². The van der Waals surface area contributed by atoms with E-state index in [9.17, 15) is 4.39 Å². The van der Waals surface area contributed by atoms with Crippen LogP contribution in [-0.4, -0.2) is 38.0 Å². The molecule has 176 valence electrons. The van der Waals surface area contributed by atoms with Crippen molar-refractivity contribution in [3.63, 3.8) is 0 Å². The number of oxazole rings is 1. The average Bonchev–Trinajstić information content (AvgIpc) is 3.51. The molecule has 8 nitrogen and oxygen atoms in total. The van der Waals surface area contributed by atoms with Gasteiger partial charge in [0.2, 0.25) is 0 Å². The van der Waals surface area contributed by atoms with E-state index in [0.29, 0.717) is 41.5 Å². The zero-order chi connectivity index (χ0) is 23.9. The fourth-order valence-corrected chi connectivity index (χ4v) is 3.71. The van der Waals surface area contributed by atoms with Crippen LogP contribution in [0.25, 0.3) is 11.1 Å². The molecule has 0 spiro atoms. The van der Waals surface area contributed by atoms with Gasteiger partial charge in [0.25, 0.3) is 0 Å². The lowest BCUT2D eigenvalue weighted by molar-refractivity contribution is 0.514. The third-order valence-electron chi connectivity index (χ3n) is 5.46. The largest absolute Gasteiger partial charge is 0.440 e. The van der Waals surface area contributed by atoms with Crippen LogP contribution in [0.1, 0.15) is 28.7 Å². The van der Waals surface area contributed by atoms with Crippen molar-refractivity contribution in [2.24, 2.45) is 0 Å². The number of anilines is 1. The number of nitrogens with one attached hydrogen (secondary N) is 3. The average molecular weight is 470 g/mol. The second-order valence-corrected chi connectivity index (χ2v) is 8.02. The molecule has 0 bridgehead atoms. The van der Waals surface area contributed by atoms with Crippen molar-refractivity contribution in [2.45, 2.75) is 25.8 Å². The molecule has 4 aromatic heterocycles. The van der Waals surface area contributed by atoms with Gasteiger partial charge in [-0.25, -0.2) is 19.3 Å². The van der Waals surface area contributed by atoms with E-state index in [1.165, 1.54) is 11.6 Å². The summed E-state index contributed by atoms with van der Waals surface area (Å²) in [4.78, 5) is 20.8. The molecule has 5 aromatic rings. The first-order valence-corrected chi connectivity index (χ1v) is 11.4. The molecule has 0 amide bonds. The lowest BCUT2D eigenvalue weighted by Gasteiger charge is -2.05. The van der Waals surface area contributed by atoms with Crippen LogP contribution in [0.15, 0.2) is 59.4 Å². The number of aromatic nitrogens is 5. The molecule has 5 rings (SSSR count). The van der Waals surface area contributed by atoms with E-state index in [0.717, 1.165) is 30.9 Å². The lowest BCUT2D eigenvalue weighted by Crippen LogP contribution is -2.20. The van der Waals surface area contributed by atoms with Gasteiger partial charge in [0.15, 0.2) is 22.8 Å². The van der Waals surface area contributed by atoms with Crippen LogP contribution in [0.4, 0.5) is 10.2 Å². The Kier molecular flexibility index (Phi) is 6.92. The number of imidazole rings is 1. The van der Waals surface area contributed by atoms with Crippen molar-refractivity contribution in [1.29, 1.82) is 0 Å². The predicted molar refractivity (Wildman–Crippen MR) is 129 cm³/mol. The van der Waals surface area contributed by atoms with Crippen molar-refractivity contribution >= 4 is 16.9 Å². The Morgan fingerprint density at radius 1 is 1.03 bits per heavy atom. The van der Waals surface area contributed by atoms with Crippen molar-refractivity contribution in [3.05, 3.63) is 102 Å². The monoisotopic (exact) mass is 469 g/mol. The van der Waals surface area contributed by atoms with E-state index in [4.69, 9.17) is 4.42 Å². The predicted octanol–water partition coefficient (Wildman–Crippen LogP) is 3.66. The number of hydrogen-bond acceptors (Lipinski definition) is 7. The number of hydrogen-bond donors (Lipinski definition) is 3. The number of nitrogens with zero attached hydrogens (tertiary/aromatic N) is 4. The molecule has 9 heteroatoms. The number of rotatable bonds is 11. The van der Waals surface area contributed by atoms with E-state index in [1.807, 2.05) is 24.4 Å². The van der Waals surface area contributed by atoms with Crippen LogP contribution in [0.3, 0.4) is 0 Å². The van der Waals surface area contributed by atoms with Gasteiger partial charge in [0.1, 0.15) is 11.6 Å². The number of pyridine rings is 2. The number of aromatic amines is 1. The molecule has 0 aliphatic carbocycles. The molecule has 0 atom stereocenters. The zero-order valence-electron chi connectivity index (χ0n) is 19.0. The van der Waals surface area contributed by atoms with Gasteiger partial charge in [-0.15, -0.1) is 0 Å². The molecule has 0 aliphatic heterocycles. The molecule has 0 fully saturated rings. The Morgan fingerprint density at radius 3 is 2.86 bits per heavy atom. The second kappa shape index (κ2) is 10.8. The smallest absolute Gasteiger partial charge is 0.196 e. The third-order valence-corrected chi connectivity index (χ3v) is 5.46. The first kappa shape index (κ1) is 22.5. The molecule has 0 radical (unpaired) electrons. The minimum atomic E-state index is -0.363. The van der Waals surface area contributed by atoms with Gasteiger partial charge in [0, 0.05) is 62.7 Å². The minimum absolute atomic E-state index is 0.208. The van der Waals surface area contributed by atoms with E-state index < -0.39 is 0 Å². The summed E-state index contributed by atoms with van der Waals surface area (Å²) >= 11 is 0. The van der Waals surface area contributed by atoms with Crippen LogP contribution in [-0.2, 0) is 25.8 Å². The normalized spacial score (nSPS) is 11.0. The molecular formula is C26H24FN7O. The highest BCUT2D eigenvalue weighted by Crippen LogP contribution is 2.22. The molecule has 4 heterocycles. The zero-order valence-corrected chi connectivity index (χ0v) is 19.0. The second-order valence-electron chi connectivity index (χ2n) is 8.02. The van der Waals surface area contributed by atoms with E-state index in [-0.39, 0.29) is 12.4 Å². The Hall–Kier alpha value is -4.29. The van der Waals surface area contributed by atoms with Crippen molar-refractivity contribution in [3.8, 4) is 0 Å². The summed E-state index contributed by atoms with van der Waals surface area (Å²) in [5.41, 5.74) is 3.83. The summed E-state index contributed by atoms with van der Waals surface area (Å²) in [6.07, 6.45) is 7.30. The maximum absolute atomic E-state index is 13.8. The minimum Gasteiger partial charge on any atom is -0.440 e. The molecule has 0 aliphatic rings. The van der Waals surface area contributed by atoms with Crippen LogP contribution < -0.4 is 10.6 Å². The van der Waals surface area contributed by atoms with E-state index in [2.05, 4.69) is 47.7 Å². The van der Waals surface area contributed by atoms with Gasteiger partial charge >= 0.3 is 0 Å². The highest BCUT2D eigenvalue weighted by atomic mass is 19.1. The first-order valence-electron chi connectivity index (χ1n) is 11.4. The molecule has 0 saturated carbocycles. The maximum Gasteiger partial charge on any atom is 0.196 e. The van der Waals surface area contributed by atoms with Crippen LogP contribution in [0, 0.1) is 17.9 Å². The topological polar surface area (TPSA) is 105 Å². The summed E-state index contributed by atoms with van der Waals surface area (Å²) in [6, 6.07) is 16.4. The Balaban J connectivity index is 1.09. The molecule has 0 unspecified atom stereocenters. The fraction of sp³-hybridized carbons (Fsp3) is 0.231. The fourth-order valence-electron chi connectivity index (χ4n) is 3.71. The molecule has 3 N–H and O–H groups in total. The third kappa shape index (κ3) is 5.80. The molecular weight excluding hydrogens is 445 g/mol. The van der Waals surface area contributed by atoms with Crippen LogP contribution in [0.2, 0.25) is 0 Å². The SMILES string of the molecule is Fc1cccnc1CNc1nccc2oc(CCNCCc3ncc(Cc4cc#ccc4)[nH]3)nc12. The molecule has 0 saturated heterocycles. The summed E-state index contributed by atoms with van der Waals surface area (Å²) < 4.78 is 19.7. The van der Waals surface area contributed by atoms with Crippen LogP contribution >= 0.6 is 0 Å². The Morgan fingerprint density at radius 2 is 1.97 bits per heavy atom. The number of fused-ring (bicyclic) bond motifs is 1. The van der Waals surface area contributed by atoms with E-state index >= 15 is 0 Å². The van der Waals surface area contributed by atoms with Crippen molar-refractivity contribution < 1.29 is 8.81 Å². The van der Waals surface area contributed by atoms with Gasteiger partial charge in [-0.05, 0) is 35.9 Å². The first-order chi connectivity index (χ1) is 17.2. The summed E-state index contributed by atoms with van der Waals surface area (Å²) in [7, 11) is 0. The van der Waals surface area contributed by atoms with Gasteiger partial charge in [0.05, 0.1) is 12.2 Å². The van der Waals surface area contributed by atoms with Crippen molar-refractivity contribution in [1.82, 2.24) is 30.2 Å². The van der Waals surface area contributed by atoms with E-state index in [1.54, 1.807) is 24.5 Å². The van der Waals surface area contributed by atoms with Crippen LogP contribution in [0.5, 0.6) is 0 Å². The number of H-pyrrole nitrogens is 1. The summed E-state index contributed by atoms with van der Waals surface area (Å²) in [6.45, 7) is 1.71. The Labute approximate surface area is 202 Å². The molecule has 35 heavy (non-hydrogen) atoms. The highest BCUT2D eigenvalue weighted by molar-refractivity contribution is 5.83.